The maximum absolute atomic E-state index is 13.6. The van der Waals surface area contributed by atoms with E-state index in [9.17, 15) is 4.79 Å². The molecule has 0 aliphatic carbocycles. The second-order valence-corrected chi connectivity index (χ2v) is 9.17. The molecule has 1 aliphatic heterocycles. The first-order valence-corrected chi connectivity index (χ1v) is 11.5. The largest absolute Gasteiger partial charge is 0.379 e. The summed E-state index contributed by atoms with van der Waals surface area (Å²) in [4.78, 5) is 18.0. The fraction of sp³-hybridized carbons (Fsp3) is 0.600. The van der Waals surface area contributed by atoms with Crippen LogP contribution < -0.4 is 0 Å². The van der Waals surface area contributed by atoms with Crippen molar-refractivity contribution >= 4 is 5.91 Å². The molecular weight excluding hydrogens is 388 g/mol. The van der Waals surface area contributed by atoms with Gasteiger partial charge in [0.15, 0.2) is 0 Å². The Hall–Kier alpha value is -2.18. The average Bonchev–Trinajstić information content (AvgIpc) is 3.00. The molecule has 1 aromatic heterocycles. The lowest BCUT2D eigenvalue weighted by Crippen LogP contribution is -2.48. The molecule has 1 atom stereocenters. The van der Waals surface area contributed by atoms with Gasteiger partial charge in [0.05, 0.1) is 25.3 Å². The van der Waals surface area contributed by atoms with E-state index in [1.807, 2.05) is 30.0 Å². The van der Waals surface area contributed by atoms with Crippen molar-refractivity contribution in [3.63, 3.8) is 0 Å². The molecule has 170 valence electrons. The van der Waals surface area contributed by atoms with Gasteiger partial charge < -0.3 is 9.64 Å². The van der Waals surface area contributed by atoms with Crippen molar-refractivity contribution in [1.82, 2.24) is 19.6 Å². The Morgan fingerprint density at radius 3 is 2.42 bits per heavy atom. The van der Waals surface area contributed by atoms with Gasteiger partial charge in [0, 0.05) is 50.0 Å². The van der Waals surface area contributed by atoms with Gasteiger partial charge in [-0.2, -0.15) is 5.10 Å². The Balaban J connectivity index is 1.77. The molecule has 0 saturated carbocycles. The monoisotopic (exact) mass is 426 g/mol. The smallest absolute Gasteiger partial charge is 0.227 e. The van der Waals surface area contributed by atoms with E-state index >= 15 is 0 Å². The number of ether oxygens (including phenoxy) is 1. The molecule has 1 aliphatic rings. The molecule has 1 amide bonds. The van der Waals surface area contributed by atoms with Gasteiger partial charge >= 0.3 is 0 Å². The van der Waals surface area contributed by atoms with Crippen molar-refractivity contribution < 1.29 is 9.53 Å². The zero-order valence-electron chi connectivity index (χ0n) is 19.8. The Labute approximate surface area is 187 Å². The SMILES string of the molecule is Cc1nn(CC(C)C)c(C)c1CC(=O)N(Cc1ccccc1)C(C)CN1CCOCC1. The number of morpholine rings is 1. The van der Waals surface area contributed by atoms with E-state index < -0.39 is 0 Å². The molecule has 1 saturated heterocycles. The molecule has 1 aromatic carbocycles. The van der Waals surface area contributed by atoms with Crippen LogP contribution in [0, 0.1) is 19.8 Å². The maximum atomic E-state index is 13.6. The lowest BCUT2D eigenvalue weighted by Gasteiger charge is -2.35. The third-order valence-corrected chi connectivity index (χ3v) is 6.07. The summed E-state index contributed by atoms with van der Waals surface area (Å²) in [5, 5.41) is 4.71. The lowest BCUT2D eigenvalue weighted by atomic mass is 10.1. The van der Waals surface area contributed by atoms with Crippen molar-refractivity contribution in [3.8, 4) is 0 Å². The summed E-state index contributed by atoms with van der Waals surface area (Å²) in [6, 6.07) is 10.4. The zero-order chi connectivity index (χ0) is 22.4. The summed E-state index contributed by atoms with van der Waals surface area (Å²) in [5.41, 5.74) is 4.31. The molecule has 3 rings (SSSR count). The van der Waals surface area contributed by atoms with Crippen molar-refractivity contribution in [1.29, 1.82) is 0 Å². The van der Waals surface area contributed by atoms with Gasteiger partial charge in [0.1, 0.15) is 0 Å². The molecule has 1 fully saturated rings. The normalized spacial score (nSPS) is 15.9. The molecule has 2 heterocycles. The minimum atomic E-state index is 0.122. The van der Waals surface area contributed by atoms with Crippen LogP contribution in [-0.4, -0.2) is 64.4 Å². The molecule has 6 nitrogen and oxygen atoms in total. The lowest BCUT2D eigenvalue weighted by molar-refractivity contribution is -0.133. The van der Waals surface area contributed by atoms with E-state index in [-0.39, 0.29) is 11.9 Å². The van der Waals surface area contributed by atoms with Crippen LogP contribution in [0.5, 0.6) is 0 Å². The minimum absolute atomic E-state index is 0.122. The number of amides is 1. The van der Waals surface area contributed by atoms with Gasteiger partial charge in [0.25, 0.3) is 0 Å². The Kier molecular flexibility index (Phi) is 8.27. The molecule has 31 heavy (non-hydrogen) atoms. The van der Waals surface area contributed by atoms with E-state index in [0.29, 0.717) is 18.9 Å². The number of nitrogens with zero attached hydrogens (tertiary/aromatic N) is 4. The van der Waals surface area contributed by atoms with Crippen molar-refractivity contribution in [3.05, 3.63) is 52.8 Å². The van der Waals surface area contributed by atoms with Gasteiger partial charge in [-0.25, -0.2) is 0 Å². The van der Waals surface area contributed by atoms with E-state index in [0.717, 1.165) is 61.9 Å². The second kappa shape index (κ2) is 10.9. The van der Waals surface area contributed by atoms with E-state index in [1.165, 1.54) is 0 Å². The van der Waals surface area contributed by atoms with Crippen LogP contribution >= 0.6 is 0 Å². The highest BCUT2D eigenvalue weighted by Crippen LogP contribution is 2.19. The summed E-state index contributed by atoms with van der Waals surface area (Å²) < 4.78 is 7.55. The van der Waals surface area contributed by atoms with Gasteiger partial charge in [-0.15, -0.1) is 0 Å². The highest BCUT2D eigenvalue weighted by atomic mass is 16.5. The maximum Gasteiger partial charge on any atom is 0.227 e. The minimum Gasteiger partial charge on any atom is -0.379 e. The molecular formula is C25H38N4O2. The molecule has 0 bridgehead atoms. The van der Waals surface area contributed by atoms with E-state index in [4.69, 9.17) is 9.84 Å². The number of rotatable bonds is 9. The van der Waals surface area contributed by atoms with Crippen molar-refractivity contribution in [2.24, 2.45) is 5.92 Å². The van der Waals surface area contributed by atoms with Gasteiger partial charge in [-0.05, 0) is 32.3 Å². The predicted molar refractivity (Wildman–Crippen MR) is 124 cm³/mol. The summed E-state index contributed by atoms with van der Waals surface area (Å²) in [6.07, 6.45) is 0.399. The number of benzene rings is 1. The van der Waals surface area contributed by atoms with Gasteiger partial charge in [0.2, 0.25) is 5.91 Å². The van der Waals surface area contributed by atoms with Crippen LogP contribution in [0.3, 0.4) is 0 Å². The predicted octanol–water partition coefficient (Wildman–Crippen LogP) is 3.45. The average molecular weight is 427 g/mol. The summed E-state index contributed by atoms with van der Waals surface area (Å²) in [6.45, 7) is 16.4. The Morgan fingerprint density at radius 1 is 1.10 bits per heavy atom. The molecule has 2 aromatic rings. The molecule has 0 radical (unpaired) electrons. The van der Waals surface area contributed by atoms with Gasteiger partial charge in [-0.1, -0.05) is 44.2 Å². The highest BCUT2D eigenvalue weighted by molar-refractivity contribution is 5.79. The number of aryl methyl sites for hydroxylation is 1. The second-order valence-electron chi connectivity index (χ2n) is 9.17. The van der Waals surface area contributed by atoms with Crippen LogP contribution in [0.4, 0.5) is 0 Å². The van der Waals surface area contributed by atoms with Crippen LogP contribution in [0.15, 0.2) is 30.3 Å². The summed E-state index contributed by atoms with van der Waals surface area (Å²) >= 11 is 0. The van der Waals surface area contributed by atoms with Crippen molar-refractivity contribution in [2.75, 3.05) is 32.8 Å². The first kappa shape index (κ1) is 23.5. The summed E-state index contributed by atoms with van der Waals surface area (Å²) in [7, 11) is 0. The van der Waals surface area contributed by atoms with Crippen LogP contribution in [-0.2, 0) is 29.0 Å². The summed E-state index contributed by atoms with van der Waals surface area (Å²) in [5.74, 6) is 0.685. The molecule has 6 heteroatoms. The highest BCUT2D eigenvalue weighted by Gasteiger charge is 2.25. The number of carbonyl (C=O) groups is 1. The molecule has 0 spiro atoms. The van der Waals surface area contributed by atoms with Crippen LogP contribution in [0.2, 0.25) is 0 Å². The standard InChI is InChI=1S/C25H38N4O2/c1-19(2)16-29-22(5)24(21(4)26-29)15-25(30)28(18-23-9-7-6-8-10-23)20(3)17-27-11-13-31-14-12-27/h6-10,19-20H,11-18H2,1-5H3. The van der Waals surface area contributed by atoms with Crippen LogP contribution in [0.25, 0.3) is 0 Å². The van der Waals surface area contributed by atoms with Crippen LogP contribution in [0.1, 0.15) is 43.3 Å². The quantitative estimate of drug-likeness (QED) is 0.616. The fourth-order valence-corrected chi connectivity index (χ4v) is 4.29. The Morgan fingerprint density at radius 2 is 1.77 bits per heavy atom. The van der Waals surface area contributed by atoms with E-state index in [1.54, 1.807) is 0 Å². The third-order valence-electron chi connectivity index (χ3n) is 6.07. The van der Waals surface area contributed by atoms with E-state index in [2.05, 4.69) is 49.4 Å². The number of carbonyl (C=O) groups excluding carboxylic acids is 1. The van der Waals surface area contributed by atoms with Gasteiger partial charge in [-0.3, -0.25) is 14.4 Å². The first-order valence-electron chi connectivity index (χ1n) is 11.5. The van der Waals surface area contributed by atoms with Crippen molar-refractivity contribution in [2.45, 2.75) is 60.2 Å². The molecule has 1 unspecified atom stereocenters. The number of hydrogen-bond donors (Lipinski definition) is 0. The Bertz CT molecular complexity index is 841. The topological polar surface area (TPSA) is 50.6 Å². The fourth-order valence-electron chi connectivity index (χ4n) is 4.29. The first-order chi connectivity index (χ1) is 14.8. The zero-order valence-corrected chi connectivity index (χ0v) is 19.8. The number of aromatic nitrogens is 2. The number of hydrogen-bond acceptors (Lipinski definition) is 4. The molecule has 0 N–H and O–H groups in total. The third kappa shape index (κ3) is 6.40.